The van der Waals surface area contributed by atoms with Crippen LogP contribution in [-0.2, 0) is 0 Å². The fourth-order valence-electron chi connectivity index (χ4n) is 3.03. The largest absolute Gasteiger partial charge is 0.371 e. The number of hydrogen-bond acceptors (Lipinski definition) is 2. The highest BCUT2D eigenvalue weighted by atomic mass is 15.1. The van der Waals surface area contributed by atoms with Gasteiger partial charge < -0.3 is 4.90 Å². The molecule has 0 aromatic heterocycles. The fraction of sp³-hybridized carbons (Fsp3) is 0.562. The molecule has 0 fully saturated rings. The van der Waals surface area contributed by atoms with Gasteiger partial charge >= 0.3 is 0 Å². The lowest BCUT2D eigenvalue weighted by atomic mass is 9.84. The molecule has 1 aliphatic heterocycles. The molecule has 1 heterocycles. The van der Waals surface area contributed by atoms with Gasteiger partial charge in [0.2, 0.25) is 0 Å². The third-order valence-corrected chi connectivity index (χ3v) is 4.72. The molecule has 0 saturated carbocycles. The number of rotatable bonds is 0. The van der Waals surface area contributed by atoms with E-state index in [0.29, 0.717) is 6.04 Å². The van der Waals surface area contributed by atoms with Crippen molar-refractivity contribution in [3.8, 4) is 0 Å². The van der Waals surface area contributed by atoms with Crippen molar-refractivity contribution in [1.29, 1.82) is 0 Å². The maximum absolute atomic E-state index is 4.54. The summed E-state index contributed by atoms with van der Waals surface area (Å²) in [5.74, 6) is 0. The van der Waals surface area contributed by atoms with E-state index in [2.05, 4.69) is 51.6 Å². The van der Waals surface area contributed by atoms with Crippen molar-refractivity contribution in [2.75, 3.05) is 19.0 Å². The first-order valence-corrected chi connectivity index (χ1v) is 6.69. The van der Waals surface area contributed by atoms with Crippen LogP contribution in [0.15, 0.2) is 4.99 Å². The molecule has 0 amide bonds. The molecule has 1 aromatic carbocycles. The predicted molar refractivity (Wildman–Crippen MR) is 80.3 cm³/mol. The van der Waals surface area contributed by atoms with Crippen molar-refractivity contribution in [2.45, 2.75) is 47.1 Å². The number of anilines is 1. The monoisotopic (exact) mass is 244 g/mol. The van der Waals surface area contributed by atoms with E-state index in [9.17, 15) is 0 Å². The van der Waals surface area contributed by atoms with Crippen LogP contribution in [0.2, 0.25) is 0 Å². The molecule has 18 heavy (non-hydrogen) atoms. The van der Waals surface area contributed by atoms with Crippen molar-refractivity contribution < 1.29 is 0 Å². The van der Waals surface area contributed by atoms with Crippen LogP contribution in [0, 0.1) is 27.7 Å². The van der Waals surface area contributed by atoms with Crippen molar-refractivity contribution in [3.05, 3.63) is 27.8 Å². The van der Waals surface area contributed by atoms with Gasteiger partial charge in [0.25, 0.3) is 0 Å². The van der Waals surface area contributed by atoms with Crippen molar-refractivity contribution in [2.24, 2.45) is 4.99 Å². The van der Waals surface area contributed by atoms with Gasteiger partial charge in [-0.15, -0.1) is 0 Å². The average Bonchev–Trinajstić information content (AvgIpc) is 2.36. The molecule has 1 atom stereocenters. The van der Waals surface area contributed by atoms with Crippen molar-refractivity contribution in [3.63, 3.8) is 0 Å². The van der Waals surface area contributed by atoms with E-state index >= 15 is 0 Å². The quantitative estimate of drug-likeness (QED) is 0.681. The number of nitrogens with zero attached hydrogens (tertiary/aromatic N) is 2. The van der Waals surface area contributed by atoms with E-state index in [0.717, 1.165) is 6.42 Å². The highest BCUT2D eigenvalue weighted by molar-refractivity contribution is 6.09. The first kappa shape index (κ1) is 13.1. The Morgan fingerprint density at radius 3 is 2.11 bits per heavy atom. The lowest BCUT2D eigenvalue weighted by Crippen LogP contribution is -2.38. The van der Waals surface area contributed by atoms with E-state index in [1.54, 1.807) is 0 Å². The third kappa shape index (κ3) is 1.66. The van der Waals surface area contributed by atoms with Gasteiger partial charge in [-0.3, -0.25) is 4.99 Å². The Labute approximate surface area is 111 Å². The van der Waals surface area contributed by atoms with Crippen LogP contribution in [0.5, 0.6) is 0 Å². The summed E-state index contributed by atoms with van der Waals surface area (Å²) in [5, 5.41) is 0. The van der Waals surface area contributed by atoms with E-state index < -0.39 is 0 Å². The summed E-state index contributed by atoms with van der Waals surface area (Å²) >= 11 is 0. The lowest BCUT2D eigenvalue weighted by molar-refractivity contribution is 0.695. The normalized spacial score (nSPS) is 21.4. The van der Waals surface area contributed by atoms with Gasteiger partial charge in [-0.1, -0.05) is 0 Å². The van der Waals surface area contributed by atoms with Gasteiger partial charge in [-0.25, -0.2) is 0 Å². The van der Waals surface area contributed by atoms with Gasteiger partial charge in [-0.2, -0.15) is 0 Å². The Balaban J connectivity index is 2.85. The minimum atomic E-state index is 0.524. The van der Waals surface area contributed by atoms with Gasteiger partial charge in [0.1, 0.15) is 0 Å². The summed E-state index contributed by atoms with van der Waals surface area (Å²) in [6.45, 7) is 11.2. The third-order valence-electron chi connectivity index (χ3n) is 4.72. The molecule has 0 bridgehead atoms. The zero-order valence-corrected chi connectivity index (χ0v) is 12.7. The SMILES string of the molecule is CN=C1CC(C)N(C)c2c(C)c(C)c(C)c(C)c21. The minimum absolute atomic E-state index is 0.524. The molecular weight excluding hydrogens is 220 g/mol. The smallest absolute Gasteiger partial charge is 0.0493 e. The Kier molecular flexibility index (Phi) is 3.22. The van der Waals surface area contributed by atoms with E-state index in [-0.39, 0.29) is 0 Å². The van der Waals surface area contributed by atoms with Crippen LogP contribution < -0.4 is 4.90 Å². The molecule has 0 N–H and O–H groups in total. The number of aliphatic imine (C=N–C) groups is 1. The summed E-state index contributed by atoms with van der Waals surface area (Å²) in [6, 6.07) is 0.524. The van der Waals surface area contributed by atoms with Gasteiger partial charge in [0.15, 0.2) is 0 Å². The van der Waals surface area contributed by atoms with Crippen LogP contribution >= 0.6 is 0 Å². The molecular formula is C16H24N2. The molecule has 0 aliphatic carbocycles. The van der Waals surface area contributed by atoms with Crippen LogP contribution in [0.25, 0.3) is 0 Å². The second-order valence-electron chi connectivity index (χ2n) is 5.56. The second-order valence-corrected chi connectivity index (χ2v) is 5.56. The Morgan fingerprint density at radius 2 is 1.56 bits per heavy atom. The zero-order valence-electron chi connectivity index (χ0n) is 12.7. The average molecular weight is 244 g/mol. The first-order chi connectivity index (χ1) is 8.40. The number of hydrogen-bond donors (Lipinski definition) is 0. The van der Waals surface area contributed by atoms with Crippen molar-refractivity contribution >= 4 is 11.4 Å². The maximum Gasteiger partial charge on any atom is 0.0493 e. The van der Waals surface area contributed by atoms with Crippen LogP contribution in [0.1, 0.15) is 41.2 Å². The van der Waals surface area contributed by atoms with Crippen molar-refractivity contribution in [1.82, 2.24) is 0 Å². The van der Waals surface area contributed by atoms with Gasteiger partial charge in [0.05, 0.1) is 0 Å². The zero-order chi connectivity index (χ0) is 13.6. The number of fused-ring (bicyclic) bond motifs is 1. The summed E-state index contributed by atoms with van der Waals surface area (Å²) in [6.07, 6.45) is 1.04. The predicted octanol–water partition coefficient (Wildman–Crippen LogP) is 3.57. The highest BCUT2D eigenvalue weighted by Gasteiger charge is 2.29. The standard InChI is InChI=1S/C16H24N2/c1-9-8-14(17-6)15-12(4)10(2)11(3)13(5)16(15)18(9)7/h9H,8H2,1-7H3. The lowest BCUT2D eigenvalue weighted by Gasteiger charge is -2.38. The molecule has 2 nitrogen and oxygen atoms in total. The Bertz CT molecular complexity index is 527. The summed E-state index contributed by atoms with van der Waals surface area (Å²) < 4.78 is 0. The summed E-state index contributed by atoms with van der Waals surface area (Å²) in [5.41, 5.74) is 9.65. The fourth-order valence-corrected chi connectivity index (χ4v) is 3.03. The highest BCUT2D eigenvalue weighted by Crippen LogP contribution is 2.38. The van der Waals surface area contributed by atoms with E-state index in [4.69, 9.17) is 0 Å². The molecule has 1 aromatic rings. The first-order valence-electron chi connectivity index (χ1n) is 6.69. The number of benzene rings is 1. The molecule has 2 rings (SSSR count). The van der Waals surface area contributed by atoms with E-state index in [1.165, 1.54) is 39.2 Å². The molecule has 1 unspecified atom stereocenters. The summed E-state index contributed by atoms with van der Waals surface area (Å²) in [4.78, 5) is 6.95. The Morgan fingerprint density at radius 1 is 1.00 bits per heavy atom. The molecule has 1 aliphatic rings. The van der Waals surface area contributed by atoms with Crippen LogP contribution in [0.3, 0.4) is 0 Å². The van der Waals surface area contributed by atoms with E-state index in [1.807, 2.05) is 7.05 Å². The van der Waals surface area contributed by atoms with Crippen LogP contribution in [-0.4, -0.2) is 25.8 Å². The van der Waals surface area contributed by atoms with Gasteiger partial charge in [0, 0.05) is 43.5 Å². The molecule has 0 spiro atoms. The maximum atomic E-state index is 4.54. The topological polar surface area (TPSA) is 15.6 Å². The molecule has 0 radical (unpaired) electrons. The van der Waals surface area contributed by atoms with Gasteiger partial charge in [-0.05, 0) is 56.9 Å². The summed E-state index contributed by atoms with van der Waals surface area (Å²) in [7, 11) is 4.12. The molecule has 2 heteroatoms. The minimum Gasteiger partial charge on any atom is -0.371 e. The second kappa shape index (κ2) is 4.42. The molecule has 0 saturated heterocycles. The molecule has 98 valence electrons. The van der Waals surface area contributed by atoms with Crippen LogP contribution in [0.4, 0.5) is 5.69 Å². The Hall–Kier alpha value is -1.31.